The Morgan fingerprint density at radius 2 is 2.00 bits per heavy atom. The van der Waals surface area contributed by atoms with Gasteiger partial charge in [-0.3, -0.25) is 4.79 Å². The van der Waals surface area contributed by atoms with E-state index in [1.807, 2.05) is 4.72 Å². The normalized spacial score (nSPS) is 15.7. The van der Waals surface area contributed by atoms with E-state index >= 15 is 0 Å². The molecule has 0 aliphatic heterocycles. The fourth-order valence-electron chi connectivity index (χ4n) is 1.75. The molecule has 0 aliphatic carbocycles. The van der Waals surface area contributed by atoms with Gasteiger partial charge in [-0.2, -0.15) is 17.9 Å². The monoisotopic (exact) mass is 363 g/mol. The first-order valence-electron chi connectivity index (χ1n) is 5.77. The van der Waals surface area contributed by atoms with Crippen molar-refractivity contribution < 1.29 is 26.4 Å². The van der Waals surface area contributed by atoms with Crippen molar-refractivity contribution >= 4 is 38.7 Å². The number of hydrogen-bond acceptors (Lipinski definition) is 4. The van der Waals surface area contributed by atoms with Crippen molar-refractivity contribution in [2.45, 2.75) is 36.7 Å². The zero-order valence-electron chi connectivity index (χ0n) is 11.1. The largest absolute Gasteiger partial charge is 0.389 e. The molecule has 0 saturated heterocycles. The maximum Gasteiger partial charge on any atom is 0.389 e. The third kappa shape index (κ3) is 5.57. The number of thiophene rings is 1. The van der Waals surface area contributed by atoms with Gasteiger partial charge in [-0.1, -0.05) is 18.5 Å². The van der Waals surface area contributed by atoms with Crippen LogP contribution in [0.15, 0.2) is 16.3 Å². The Kier molecular flexibility index (Phi) is 5.82. The molecule has 4 nitrogen and oxygen atoms in total. The third-order valence-corrected chi connectivity index (χ3v) is 5.82. The van der Waals surface area contributed by atoms with Crippen LogP contribution in [-0.2, 0) is 14.8 Å². The number of carbonyl (C=O) groups excluding carboxylic acids is 1. The van der Waals surface area contributed by atoms with Gasteiger partial charge in [-0.15, -0.1) is 11.3 Å². The number of nitrogens with one attached hydrogen (secondary N) is 1. The molecule has 1 heterocycles. The van der Waals surface area contributed by atoms with Crippen molar-refractivity contribution in [3.05, 3.63) is 16.5 Å². The van der Waals surface area contributed by atoms with Crippen molar-refractivity contribution in [2.75, 3.05) is 0 Å². The van der Waals surface area contributed by atoms with Gasteiger partial charge in [0.05, 0.1) is 10.4 Å². The highest BCUT2D eigenvalue weighted by atomic mass is 35.5. The molecular formula is C11H13ClF3NO3S2. The summed E-state index contributed by atoms with van der Waals surface area (Å²) in [5.41, 5.74) is 0. The summed E-state index contributed by atoms with van der Waals surface area (Å²) in [6.07, 6.45) is -5.74. The molecular weight excluding hydrogens is 351 g/mol. The molecule has 0 amide bonds. The molecule has 2 atom stereocenters. The zero-order chi connectivity index (χ0) is 16.4. The van der Waals surface area contributed by atoms with Gasteiger partial charge in [0.2, 0.25) is 0 Å². The quantitative estimate of drug-likeness (QED) is 0.844. The van der Waals surface area contributed by atoms with Crippen LogP contribution in [0.3, 0.4) is 0 Å². The molecule has 0 spiro atoms. The molecule has 0 fully saturated rings. The van der Waals surface area contributed by atoms with Crippen LogP contribution in [0.4, 0.5) is 13.2 Å². The van der Waals surface area contributed by atoms with Gasteiger partial charge in [0.15, 0.2) is 0 Å². The fourth-order valence-corrected chi connectivity index (χ4v) is 4.61. The van der Waals surface area contributed by atoms with Gasteiger partial charge in [0.1, 0.15) is 9.99 Å². The Hall–Kier alpha value is -0.640. The summed E-state index contributed by atoms with van der Waals surface area (Å²) >= 11 is 6.38. The van der Waals surface area contributed by atoms with E-state index in [2.05, 4.69) is 0 Å². The molecule has 0 unspecified atom stereocenters. The number of alkyl halides is 3. The fraction of sp³-hybridized carbons (Fsp3) is 0.545. The first-order valence-corrected chi connectivity index (χ1v) is 8.45. The minimum absolute atomic E-state index is 0.155. The molecule has 0 saturated carbocycles. The second-order valence-corrected chi connectivity index (χ2v) is 8.22. The van der Waals surface area contributed by atoms with Crippen molar-refractivity contribution in [1.29, 1.82) is 0 Å². The molecule has 21 heavy (non-hydrogen) atoms. The standard InChI is InChI=1S/C11H13ClF3NO3S2/c1-6(5-11(13,14)15)10(7(2)17)16-21(18,19)9-4-3-8(12)20-9/h3-4,6,10,16H,5H2,1-2H3/t6-,10+/m1/s1. The smallest absolute Gasteiger partial charge is 0.298 e. The van der Waals surface area contributed by atoms with Crippen molar-refractivity contribution in [3.63, 3.8) is 0 Å². The lowest BCUT2D eigenvalue weighted by Crippen LogP contribution is -2.45. The van der Waals surface area contributed by atoms with Gasteiger partial charge in [-0.05, 0) is 25.0 Å². The summed E-state index contributed by atoms with van der Waals surface area (Å²) in [4.78, 5) is 11.5. The van der Waals surface area contributed by atoms with E-state index in [9.17, 15) is 26.4 Å². The molecule has 1 aromatic rings. The maximum absolute atomic E-state index is 12.4. The van der Waals surface area contributed by atoms with Crippen molar-refractivity contribution in [3.8, 4) is 0 Å². The summed E-state index contributed by atoms with van der Waals surface area (Å²) in [7, 11) is -4.09. The maximum atomic E-state index is 12.4. The van der Waals surface area contributed by atoms with E-state index in [-0.39, 0.29) is 8.55 Å². The highest BCUT2D eigenvalue weighted by molar-refractivity contribution is 7.91. The predicted molar refractivity (Wildman–Crippen MR) is 74.0 cm³/mol. The Morgan fingerprint density at radius 3 is 2.38 bits per heavy atom. The number of rotatable bonds is 6. The molecule has 0 aromatic carbocycles. The van der Waals surface area contributed by atoms with E-state index in [0.717, 1.165) is 18.3 Å². The van der Waals surface area contributed by atoms with E-state index in [4.69, 9.17) is 11.6 Å². The lowest BCUT2D eigenvalue weighted by molar-refractivity contribution is -0.146. The molecule has 1 aromatic heterocycles. The lowest BCUT2D eigenvalue weighted by Gasteiger charge is -2.23. The van der Waals surface area contributed by atoms with Gasteiger partial charge in [0, 0.05) is 6.42 Å². The molecule has 0 radical (unpaired) electrons. The minimum atomic E-state index is -4.48. The number of sulfonamides is 1. The van der Waals surface area contributed by atoms with Gasteiger partial charge >= 0.3 is 6.18 Å². The second-order valence-electron chi connectivity index (χ2n) is 4.56. The second kappa shape index (κ2) is 6.64. The Balaban J connectivity index is 2.96. The number of halogens is 4. The first-order chi connectivity index (χ1) is 9.42. The summed E-state index contributed by atoms with van der Waals surface area (Å²) in [6, 6.07) is 1.13. The van der Waals surface area contributed by atoms with E-state index < -0.39 is 40.4 Å². The van der Waals surface area contributed by atoms with Crippen LogP contribution in [0.1, 0.15) is 20.3 Å². The third-order valence-electron chi connectivity index (χ3n) is 2.66. The van der Waals surface area contributed by atoms with Crippen LogP contribution in [-0.4, -0.2) is 26.4 Å². The van der Waals surface area contributed by atoms with E-state index in [0.29, 0.717) is 0 Å². The van der Waals surface area contributed by atoms with Gasteiger partial charge in [0.25, 0.3) is 10.0 Å². The van der Waals surface area contributed by atoms with Crippen LogP contribution in [0, 0.1) is 5.92 Å². The molecule has 1 N–H and O–H groups in total. The highest BCUT2D eigenvalue weighted by Crippen LogP contribution is 2.29. The molecule has 10 heteroatoms. The molecule has 120 valence electrons. The molecule has 0 bridgehead atoms. The van der Waals surface area contributed by atoms with Gasteiger partial charge < -0.3 is 0 Å². The van der Waals surface area contributed by atoms with Crippen molar-refractivity contribution in [2.24, 2.45) is 5.92 Å². The van der Waals surface area contributed by atoms with E-state index in [1.54, 1.807) is 0 Å². The summed E-state index contributed by atoms with van der Waals surface area (Å²) in [5, 5.41) is 0. The summed E-state index contributed by atoms with van der Waals surface area (Å²) in [5.74, 6) is -1.90. The Morgan fingerprint density at radius 1 is 1.43 bits per heavy atom. The van der Waals surface area contributed by atoms with Crippen LogP contribution in [0.2, 0.25) is 4.34 Å². The Labute approximate surface area is 129 Å². The number of carbonyl (C=O) groups is 1. The average Bonchev–Trinajstić information content (AvgIpc) is 2.70. The topological polar surface area (TPSA) is 63.2 Å². The average molecular weight is 364 g/mol. The minimum Gasteiger partial charge on any atom is -0.298 e. The van der Waals surface area contributed by atoms with Crippen molar-refractivity contribution in [1.82, 2.24) is 4.72 Å². The highest BCUT2D eigenvalue weighted by Gasteiger charge is 2.37. The number of Topliss-reactive ketones (excluding diaryl/α,β-unsaturated/α-hetero) is 1. The molecule has 1 rings (SSSR count). The summed E-state index contributed by atoms with van der Waals surface area (Å²) in [6.45, 7) is 2.21. The first kappa shape index (κ1) is 18.4. The van der Waals surface area contributed by atoms with Crippen LogP contribution >= 0.6 is 22.9 Å². The lowest BCUT2D eigenvalue weighted by atomic mass is 9.96. The van der Waals surface area contributed by atoms with Crippen LogP contribution in [0.25, 0.3) is 0 Å². The SMILES string of the molecule is CC(=O)[C@@H](NS(=O)(=O)c1ccc(Cl)s1)[C@H](C)CC(F)(F)F. The van der Waals surface area contributed by atoms with Crippen LogP contribution in [0.5, 0.6) is 0 Å². The Bertz CT molecular complexity index is 612. The zero-order valence-corrected chi connectivity index (χ0v) is 13.5. The van der Waals surface area contributed by atoms with Crippen LogP contribution < -0.4 is 4.72 Å². The summed E-state index contributed by atoms with van der Waals surface area (Å²) < 4.78 is 63.3. The number of ketones is 1. The van der Waals surface area contributed by atoms with Gasteiger partial charge in [-0.25, -0.2) is 8.42 Å². The van der Waals surface area contributed by atoms with E-state index in [1.165, 1.54) is 19.1 Å². The predicted octanol–water partition coefficient (Wildman–Crippen LogP) is 3.23. The molecule has 0 aliphatic rings. The number of hydrogen-bond donors (Lipinski definition) is 1.